The van der Waals surface area contributed by atoms with E-state index in [1.807, 2.05) is 6.07 Å². The van der Waals surface area contributed by atoms with Gasteiger partial charge in [0.25, 0.3) is 0 Å². The minimum atomic E-state index is -0.889. The smallest absolute Gasteiger partial charge is 0.338 e. The topological polar surface area (TPSA) is 74.2 Å². The van der Waals surface area contributed by atoms with E-state index in [1.54, 1.807) is 38.1 Å². The van der Waals surface area contributed by atoms with E-state index in [0.717, 1.165) is 0 Å². The molecule has 2 heterocycles. The van der Waals surface area contributed by atoms with E-state index in [4.69, 9.17) is 18.9 Å². The monoisotopic (exact) mass is 294 g/mol. The van der Waals surface area contributed by atoms with E-state index in [9.17, 15) is 9.90 Å². The lowest BCUT2D eigenvalue weighted by Crippen LogP contribution is -2.37. The Bertz CT molecular complexity index is 514. The molecule has 114 valence electrons. The summed E-state index contributed by atoms with van der Waals surface area (Å²) >= 11 is 0. The minimum Gasteiger partial charge on any atom is -0.459 e. The highest BCUT2D eigenvalue weighted by atomic mass is 16.8. The molecule has 1 N–H and O–H groups in total. The van der Waals surface area contributed by atoms with Crippen LogP contribution in [0.2, 0.25) is 0 Å². The lowest BCUT2D eigenvalue weighted by atomic mass is 10.1. The van der Waals surface area contributed by atoms with Crippen molar-refractivity contribution in [3.05, 3.63) is 35.9 Å². The third-order valence-electron chi connectivity index (χ3n) is 3.50. The fraction of sp³-hybridized carbons (Fsp3) is 0.533. The van der Waals surface area contributed by atoms with Crippen LogP contribution in [0.5, 0.6) is 0 Å². The normalized spacial score (nSPS) is 33.7. The molecular formula is C15H18O6. The molecule has 0 unspecified atom stereocenters. The zero-order chi connectivity index (χ0) is 15.0. The molecule has 0 aliphatic carbocycles. The number of hydrogen-bond acceptors (Lipinski definition) is 6. The van der Waals surface area contributed by atoms with Gasteiger partial charge in [0.15, 0.2) is 12.1 Å². The first-order valence-electron chi connectivity index (χ1n) is 6.88. The second-order valence-electron chi connectivity index (χ2n) is 5.60. The van der Waals surface area contributed by atoms with E-state index in [0.29, 0.717) is 5.56 Å². The highest BCUT2D eigenvalue weighted by Gasteiger charge is 2.54. The van der Waals surface area contributed by atoms with Gasteiger partial charge in [0.1, 0.15) is 24.9 Å². The molecule has 2 saturated heterocycles. The Morgan fingerprint density at radius 1 is 1.29 bits per heavy atom. The van der Waals surface area contributed by atoms with Crippen LogP contribution >= 0.6 is 0 Å². The Morgan fingerprint density at radius 2 is 2.00 bits per heavy atom. The maximum Gasteiger partial charge on any atom is 0.338 e. The van der Waals surface area contributed by atoms with Crippen molar-refractivity contribution >= 4 is 5.97 Å². The zero-order valence-electron chi connectivity index (χ0n) is 11.9. The summed E-state index contributed by atoms with van der Waals surface area (Å²) in [4.78, 5) is 11.8. The number of carbonyl (C=O) groups excluding carboxylic acids is 1. The number of esters is 1. The van der Waals surface area contributed by atoms with Gasteiger partial charge in [-0.2, -0.15) is 0 Å². The average Bonchev–Trinajstić information content (AvgIpc) is 2.91. The minimum absolute atomic E-state index is 0.0466. The van der Waals surface area contributed by atoms with Crippen LogP contribution in [0.1, 0.15) is 24.2 Å². The molecule has 0 saturated carbocycles. The Kier molecular flexibility index (Phi) is 3.71. The Hall–Kier alpha value is -1.47. The lowest BCUT2D eigenvalue weighted by molar-refractivity contribution is -0.218. The summed E-state index contributed by atoms with van der Waals surface area (Å²) in [5.74, 6) is -1.23. The second-order valence-corrected chi connectivity index (χ2v) is 5.60. The number of carbonyl (C=O) groups is 1. The van der Waals surface area contributed by atoms with Crippen LogP contribution in [0.4, 0.5) is 0 Å². The van der Waals surface area contributed by atoms with Crippen LogP contribution in [0.25, 0.3) is 0 Å². The Morgan fingerprint density at radius 3 is 2.67 bits per heavy atom. The van der Waals surface area contributed by atoms with Gasteiger partial charge in [-0.3, -0.25) is 0 Å². The molecule has 21 heavy (non-hydrogen) atoms. The summed E-state index contributed by atoms with van der Waals surface area (Å²) in [7, 11) is 0. The molecular weight excluding hydrogens is 276 g/mol. The van der Waals surface area contributed by atoms with E-state index < -0.39 is 36.4 Å². The van der Waals surface area contributed by atoms with Crippen molar-refractivity contribution in [2.45, 2.75) is 44.2 Å². The molecule has 6 nitrogen and oxygen atoms in total. The van der Waals surface area contributed by atoms with Gasteiger partial charge in [-0.1, -0.05) is 18.2 Å². The van der Waals surface area contributed by atoms with Crippen LogP contribution in [0.15, 0.2) is 30.3 Å². The van der Waals surface area contributed by atoms with Crippen molar-refractivity contribution < 1.29 is 28.8 Å². The summed E-state index contributed by atoms with van der Waals surface area (Å²) in [6.07, 6.45) is -2.72. The van der Waals surface area contributed by atoms with Gasteiger partial charge >= 0.3 is 5.97 Å². The average molecular weight is 294 g/mol. The zero-order valence-corrected chi connectivity index (χ0v) is 11.9. The number of benzene rings is 1. The molecule has 0 radical (unpaired) electrons. The quantitative estimate of drug-likeness (QED) is 0.841. The number of fused-ring (bicyclic) bond motifs is 1. The molecule has 1 aromatic rings. The summed E-state index contributed by atoms with van der Waals surface area (Å²) in [6, 6.07) is 8.66. The van der Waals surface area contributed by atoms with Crippen molar-refractivity contribution in [3.63, 3.8) is 0 Å². The molecule has 4 atom stereocenters. The van der Waals surface area contributed by atoms with Gasteiger partial charge < -0.3 is 24.1 Å². The molecule has 3 rings (SSSR count). The fourth-order valence-electron chi connectivity index (χ4n) is 2.51. The van der Waals surface area contributed by atoms with Gasteiger partial charge in [-0.25, -0.2) is 4.79 Å². The third kappa shape index (κ3) is 2.94. The van der Waals surface area contributed by atoms with Crippen LogP contribution in [0, 0.1) is 0 Å². The largest absolute Gasteiger partial charge is 0.459 e. The maximum absolute atomic E-state index is 11.8. The van der Waals surface area contributed by atoms with Gasteiger partial charge in [-0.15, -0.1) is 0 Å². The van der Waals surface area contributed by atoms with Crippen LogP contribution in [-0.4, -0.2) is 48.1 Å². The van der Waals surface area contributed by atoms with Crippen molar-refractivity contribution in [2.75, 3.05) is 6.61 Å². The number of aliphatic hydroxyl groups is 1. The number of ether oxygens (including phenoxy) is 4. The van der Waals surface area contributed by atoms with E-state index in [1.165, 1.54) is 0 Å². The molecule has 2 aliphatic rings. The highest BCUT2D eigenvalue weighted by Crippen LogP contribution is 2.37. The standard InChI is InChI=1S/C15H18O6/c1-15(2)20-12-11(16)10(19-14(12)21-15)8-18-13(17)9-6-4-3-5-7-9/h3-7,10-12,14,16H,8H2,1-2H3/t10-,11+,12-,14+/m0/s1. The molecule has 6 heteroatoms. The van der Waals surface area contributed by atoms with E-state index in [-0.39, 0.29) is 6.61 Å². The third-order valence-corrected chi connectivity index (χ3v) is 3.50. The Labute approximate surface area is 122 Å². The molecule has 2 fully saturated rings. The molecule has 0 bridgehead atoms. The van der Waals surface area contributed by atoms with E-state index >= 15 is 0 Å². The summed E-state index contributed by atoms with van der Waals surface area (Å²) in [5, 5.41) is 10.2. The molecule has 1 aromatic carbocycles. The predicted molar refractivity (Wildman–Crippen MR) is 71.4 cm³/mol. The van der Waals surface area contributed by atoms with Crippen molar-refractivity contribution in [1.82, 2.24) is 0 Å². The highest BCUT2D eigenvalue weighted by molar-refractivity contribution is 5.89. The molecule has 0 spiro atoms. The summed E-state index contributed by atoms with van der Waals surface area (Å²) in [6.45, 7) is 3.46. The van der Waals surface area contributed by atoms with Gasteiger partial charge in [0.05, 0.1) is 5.56 Å². The molecule has 0 aromatic heterocycles. The lowest BCUT2D eigenvalue weighted by Gasteiger charge is -2.22. The maximum atomic E-state index is 11.8. The molecule has 2 aliphatic heterocycles. The summed E-state index contributed by atoms with van der Waals surface area (Å²) in [5.41, 5.74) is 0.457. The molecule has 0 amide bonds. The van der Waals surface area contributed by atoms with Crippen LogP contribution in [0.3, 0.4) is 0 Å². The van der Waals surface area contributed by atoms with Crippen LogP contribution in [-0.2, 0) is 18.9 Å². The van der Waals surface area contributed by atoms with Gasteiger partial charge in [-0.05, 0) is 26.0 Å². The number of aliphatic hydroxyl groups excluding tert-OH is 1. The Balaban J connectivity index is 1.55. The first kappa shape index (κ1) is 14.5. The first-order valence-corrected chi connectivity index (χ1v) is 6.88. The van der Waals surface area contributed by atoms with E-state index in [2.05, 4.69) is 0 Å². The van der Waals surface area contributed by atoms with Crippen LogP contribution < -0.4 is 0 Å². The van der Waals surface area contributed by atoms with Crippen molar-refractivity contribution in [1.29, 1.82) is 0 Å². The van der Waals surface area contributed by atoms with Crippen molar-refractivity contribution in [2.24, 2.45) is 0 Å². The first-order chi connectivity index (χ1) is 9.96. The summed E-state index contributed by atoms with van der Waals surface area (Å²) < 4.78 is 21.8. The SMILES string of the molecule is CC1(C)O[C@H]2O[C@@H](COC(=O)c3ccccc3)[C@@H](O)[C@@H]2O1. The predicted octanol–water partition coefficient (Wildman–Crippen LogP) is 1.08. The van der Waals surface area contributed by atoms with Gasteiger partial charge in [0, 0.05) is 0 Å². The van der Waals surface area contributed by atoms with Crippen molar-refractivity contribution in [3.8, 4) is 0 Å². The number of hydrogen-bond donors (Lipinski definition) is 1. The second kappa shape index (κ2) is 5.38. The fourth-order valence-corrected chi connectivity index (χ4v) is 2.51. The number of rotatable bonds is 3. The van der Waals surface area contributed by atoms with Gasteiger partial charge in [0.2, 0.25) is 0 Å².